The summed E-state index contributed by atoms with van der Waals surface area (Å²) in [7, 11) is -2.90. The Hall–Kier alpha value is -1.04. The Labute approximate surface area is 89.2 Å². The van der Waals surface area contributed by atoms with Gasteiger partial charge >= 0.3 is 0 Å². The van der Waals surface area contributed by atoms with Gasteiger partial charge in [-0.2, -0.15) is 0 Å². The molecule has 1 fully saturated rings. The van der Waals surface area contributed by atoms with Gasteiger partial charge in [0.1, 0.15) is 0 Å². The molecule has 0 amide bonds. The van der Waals surface area contributed by atoms with Gasteiger partial charge in [-0.05, 0) is 19.8 Å². The number of nitrogen functional groups attached to an aromatic ring is 1. The molecule has 1 aromatic rings. The van der Waals surface area contributed by atoms with Gasteiger partial charge in [0.15, 0.2) is 15.8 Å². The first-order valence-corrected chi connectivity index (χ1v) is 6.71. The van der Waals surface area contributed by atoms with Gasteiger partial charge in [0.05, 0.1) is 16.7 Å². The minimum Gasteiger partial charge on any atom is -0.369 e. The summed E-state index contributed by atoms with van der Waals surface area (Å²) < 4.78 is 24.9. The highest BCUT2D eigenvalue weighted by molar-refractivity contribution is 7.92. The van der Waals surface area contributed by atoms with Gasteiger partial charge in [0.25, 0.3) is 0 Å². The number of aryl methyl sites for hydroxylation is 1. The van der Waals surface area contributed by atoms with E-state index in [1.807, 2.05) is 6.92 Å². The largest absolute Gasteiger partial charge is 0.369 e. The zero-order valence-electron chi connectivity index (χ0n) is 8.68. The molecule has 0 radical (unpaired) electrons. The van der Waals surface area contributed by atoms with Crippen LogP contribution < -0.4 is 5.73 Å². The van der Waals surface area contributed by atoms with Crippen molar-refractivity contribution in [3.05, 3.63) is 11.9 Å². The summed E-state index contributed by atoms with van der Waals surface area (Å²) >= 11 is 0. The summed E-state index contributed by atoms with van der Waals surface area (Å²) in [4.78, 5) is 4.05. The number of nitrogens with zero attached hydrogens (tertiary/aromatic N) is 2. The Bertz CT molecular complexity index is 464. The second-order valence-corrected chi connectivity index (χ2v) is 6.42. The van der Waals surface area contributed by atoms with Crippen molar-refractivity contribution in [3.63, 3.8) is 0 Å². The minimum absolute atomic E-state index is 0.284. The molecule has 1 aliphatic heterocycles. The lowest BCUT2D eigenvalue weighted by atomic mass is 10.2. The second kappa shape index (κ2) is 3.52. The fourth-order valence-electron chi connectivity index (χ4n) is 1.99. The minimum atomic E-state index is -2.90. The molecule has 84 valence electrons. The van der Waals surface area contributed by atoms with E-state index in [0.717, 1.165) is 18.5 Å². The van der Waals surface area contributed by atoms with Crippen molar-refractivity contribution < 1.29 is 8.42 Å². The van der Waals surface area contributed by atoms with Crippen molar-refractivity contribution in [2.45, 2.75) is 31.6 Å². The van der Waals surface area contributed by atoms with Crippen LogP contribution in [0.25, 0.3) is 0 Å². The van der Waals surface area contributed by atoms with E-state index < -0.39 is 9.84 Å². The molecule has 5 nitrogen and oxygen atoms in total. The third-order valence-corrected chi connectivity index (χ3v) is 5.05. The third-order valence-electron chi connectivity index (χ3n) is 2.79. The Kier molecular flexibility index (Phi) is 2.46. The van der Waals surface area contributed by atoms with Gasteiger partial charge in [-0.25, -0.2) is 13.4 Å². The Morgan fingerprint density at radius 2 is 2.40 bits per heavy atom. The molecule has 0 spiro atoms. The molecular formula is C9H15N3O2S. The first-order valence-electron chi connectivity index (χ1n) is 5.00. The van der Waals surface area contributed by atoms with Gasteiger partial charge in [0.2, 0.25) is 0 Å². The van der Waals surface area contributed by atoms with Gasteiger partial charge in [-0.3, -0.25) is 0 Å². The van der Waals surface area contributed by atoms with Crippen LogP contribution in [0.15, 0.2) is 6.20 Å². The highest BCUT2D eigenvalue weighted by Gasteiger charge is 2.31. The van der Waals surface area contributed by atoms with E-state index in [1.54, 1.807) is 10.8 Å². The van der Waals surface area contributed by atoms with Gasteiger partial charge in [-0.1, -0.05) is 0 Å². The van der Waals surface area contributed by atoms with Crippen LogP contribution in [0.2, 0.25) is 0 Å². The fraction of sp³-hybridized carbons (Fsp3) is 0.667. The molecule has 0 aliphatic carbocycles. The van der Waals surface area contributed by atoms with Gasteiger partial charge in [-0.15, -0.1) is 0 Å². The number of rotatable bonds is 2. The molecule has 6 heteroatoms. The molecule has 0 aromatic carbocycles. The summed E-state index contributed by atoms with van der Waals surface area (Å²) in [5.41, 5.74) is 6.49. The molecule has 1 aliphatic rings. The zero-order valence-corrected chi connectivity index (χ0v) is 9.50. The topological polar surface area (TPSA) is 78.0 Å². The van der Waals surface area contributed by atoms with Crippen molar-refractivity contribution >= 4 is 15.8 Å². The van der Waals surface area contributed by atoms with Crippen LogP contribution in [0.5, 0.6) is 0 Å². The van der Waals surface area contributed by atoms with Crippen LogP contribution in [0.3, 0.4) is 0 Å². The van der Waals surface area contributed by atoms with Crippen molar-refractivity contribution in [3.8, 4) is 0 Å². The van der Waals surface area contributed by atoms with Crippen LogP contribution in [-0.2, 0) is 16.4 Å². The lowest BCUT2D eigenvalue weighted by molar-refractivity contribution is 0.568. The lowest BCUT2D eigenvalue weighted by Crippen LogP contribution is -2.22. The van der Waals surface area contributed by atoms with Gasteiger partial charge in [0, 0.05) is 12.7 Å². The van der Waals surface area contributed by atoms with Crippen molar-refractivity contribution in [1.82, 2.24) is 9.55 Å². The van der Waals surface area contributed by atoms with E-state index in [-0.39, 0.29) is 5.25 Å². The molecule has 0 saturated carbocycles. The number of sulfone groups is 1. The number of aromatic nitrogens is 2. The van der Waals surface area contributed by atoms with Crippen LogP contribution in [-0.4, -0.2) is 29.0 Å². The van der Waals surface area contributed by atoms with Crippen molar-refractivity contribution in [2.75, 3.05) is 11.5 Å². The summed E-state index contributed by atoms with van der Waals surface area (Å²) in [6, 6.07) is 0. The normalized spacial score (nSPS) is 24.5. The van der Waals surface area contributed by atoms with E-state index in [9.17, 15) is 8.42 Å². The monoisotopic (exact) mass is 229 g/mol. The molecular weight excluding hydrogens is 214 g/mol. The molecule has 1 saturated heterocycles. The Balaban J connectivity index is 2.19. The smallest absolute Gasteiger partial charge is 0.200 e. The molecule has 2 N–H and O–H groups in total. The zero-order chi connectivity index (χ0) is 11.1. The van der Waals surface area contributed by atoms with Crippen LogP contribution in [0.1, 0.15) is 18.5 Å². The highest BCUT2D eigenvalue weighted by Crippen LogP contribution is 2.22. The van der Waals surface area contributed by atoms with Crippen molar-refractivity contribution in [2.24, 2.45) is 0 Å². The van der Waals surface area contributed by atoms with Gasteiger partial charge < -0.3 is 10.3 Å². The average molecular weight is 229 g/mol. The summed E-state index contributed by atoms with van der Waals surface area (Å²) in [6.45, 7) is 2.28. The van der Waals surface area contributed by atoms with Crippen LogP contribution in [0.4, 0.5) is 5.95 Å². The number of anilines is 1. The van der Waals surface area contributed by atoms with E-state index in [0.29, 0.717) is 18.2 Å². The molecule has 1 atom stereocenters. The maximum atomic E-state index is 11.6. The van der Waals surface area contributed by atoms with E-state index in [4.69, 9.17) is 5.73 Å². The highest BCUT2D eigenvalue weighted by atomic mass is 32.2. The SMILES string of the molecule is Cc1cn(CC2CCCS2(=O)=O)c(N)n1. The Morgan fingerprint density at radius 1 is 1.67 bits per heavy atom. The number of hydrogen-bond donors (Lipinski definition) is 1. The predicted molar refractivity (Wildman–Crippen MR) is 58.2 cm³/mol. The fourth-order valence-corrected chi connectivity index (χ4v) is 3.81. The molecule has 2 rings (SSSR count). The maximum absolute atomic E-state index is 11.6. The molecule has 0 bridgehead atoms. The number of imidazole rings is 1. The quantitative estimate of drug-likeness (QED) is 0.793. The second-order valence-electron chi connectivity index (χ2n) is 4.02. The van der Waals surface area contributed by atoms with Crippen LogP contribution >= 0.6 is 0 Å². The maximum Gasteiger partial charge on any atom is 0.200 e. The number of hydrogen-bond acceptors (Lipinski definition) is 4. The van der Waals surface area contributed by atoms with E-state index in [1.165, 1.54) is 0 Å². The summed E-state index contributed by atoms with van der Waals surface area (Å²) in [5, 5.41) is -0.284. The molecule has 2 heterocycles. The standard InChI is InChI=1S/C9H15N3O2S/c1-7-5-12(9(10)11-7)6-8-3-2-4-15(8,13)14/h5,8H,2-4,6H2,1H3,(H2,10,11). The predicted octanol–water partition coefficient (Wildman–Crippen LogP) is 0.351. The van der Waals surface area contributed by atoms with Crippen molar-refractivity contribution in [1.29, 1.82) is 0 Å². The Morgan fingerprint density at radius 3 is 2.87 bits per heavy atom. The van der Waals surface area contributed by atoms with E-state index in [2.05, 4.69) is 4.98 Å². The summed E-state index contributed by atoms with van der Waals surface area (Å²) in [6.07, 6.45) is 3.29. The van der Waals surface area contributed by atoms with E-state index >= 15 is 0 Å². The average Bonchev–Trinajstić information content (AvgIpc) is 2.58. The lowest BCUT2D eigenvalue weighted by Gasteiger charge is -2.10. The first kappa shape index (κ1) is 10.5. The molecule has 1 unspecified atom stereocenters. The number of nitrogens with two attached hydrogens (primary N) is 1. The first-order chi connectivity index (χ1) is 6.99. The summed E-state index contributed by atoms with van der Waals surface area (Å²) in [5.74, 6) is 0.709. The molecule has 15 heavy (non-hydrogen) atoms. The third kappa shape index (κ3) is 1.99. The van der Waals surface area contributed by atoms with Crippen LogP contribution in [0, 0.1) is 6.92 Å². The molecule has 1 aromatic heterocycles.